The molecule has 8 heteroatoms. The van der Waals surface area contributed by atoms with E-state index in [1.165, 1.54) is 12.1 Å². The summed E-state index contributed by atoms with van der Waals surface area (Å²) in [5.74, 6) is -0.285. The van der Waals surface area contributed by atoms with Crippen LogP contribution in [0.2, 0.25) is 0 Å². The molecule has 1 saturated heterocycles. The molecule has 2 aromatic carbocycles. The van der Waals surface area contributed by atoms with Crippen LogP contribution in [0, 0.1) is 12.7 Å². The van der Waals surface area contributed by atoms with Gasteiger partial charge < -0.3 is 14.5 Å². The number of likely N-dealkylation sites (tertiary alicyclic amines) is 1. The molecule has 1 aliphatic heterocycles. The summed E-state index contributed by atoms with van der Waals surface area (Å²) >= 11 is 7.00. The minimum absolute atomic E-state index is 0.00976. The topological polar surface area (TPSA) is 49.9 Å². The summed E-state index contributed by atoms with van der Waals surface area (Å²) in [6.45, 7) is 8.84. The van der Waals surface area contributed by atoms with Crippen LogP contribution in [-0.2, 0) is 21.5 Å². The highest BCUT2D eigenvalue weighted by Crippen LogP contribution is 2.41. The first-order chi connectivity index (χ1) is 16.3. The van der Waals surface area contributed by atoms with E-state index in [0.717, 1.165) is 25.6 Å². The predicted molar refractivity (Wildman–Crippen MR) is 143 cm³/mol. The molecule has 190 valence electrons. The Labute approximate surface area is 224 Å². The van der Waals surface area contributed by atoms with E-state index >= 15 is 0 Å². The number of ether oxygens (including phenoxy) is 1. The number of piperidine rings is 1. The van der Waals surface area contributed by atoms with Gasteiger partial charge in [0.05, 0.1) is 0 Å². The van der Waals surface area contributed by atoms with Crippen LogP contribution in [0.4, 0.5) is 9.18 Å². The molecule has 0 aliphatic carbocycles. The number of benzene rings is 2. The molecule has 0 N–H and O–H groups in total. The Morgan fingerprint density at radius 1 is 1.09 bits per heavy atom. The average Bonchev–Trinajstić information content (AvgIpc) is 2.72. The van der Waals surface area contributed by atoms with Gasteiger partial charge in [-0.2, -0.15) is 0 Å². The molecule has 0 spiro atoms. The van der Waals surface area contributed by atoms with E-state index in [1.54, 1.807) is 22.9 Å². The fourth-order valence-corrected chi connectivity index (χ4v) is 6.08. The number of nitrogens with zero attached hydrogens (tertiary/aromatic N) is 2. The van der Waals surface area contributed by atoms with Crippen LogP contribution in [0.3, 0.4) is 0 Å². The summed E-state index contributed by atoms with van der Waals surface area (Å²) < 4.78 is 21.3. The summed E-state index contributed by atoms with van der Waals surface area (Å²) in [6, 6.07) is 10.7. The van der Waals surface area contributed by atoms with Crippen molar-refractivity contribution in [2.24, 2.45) is 0 Å². The third-order valence-corrected chi connectivity index (χ3v) is 7.31. The van der Waals surface area contributed by atoms with E-state index in [-0.39, 0.29) is 24.2 Å². The van der Waals surface area contributed by atoms with Crippen molar-refractivity contribution in [2.75, 3.05) is 20.1 Å². The summed E-state index contributed by atoms with van der Waals surface area (Å²) in [5.41, 5.74) is 1.74. The van der Waals surface area contributed by atoms with Crippen LogP contribution in [0.25, 0.3) is 0 Å². The fourth-order valence-electron chi connectivity index (χ4n) is 4.70. The largest absolute Gasteiger partial charge is 0.444 e. The van der Waals surface area contributed by atoms with Crippen molar-refractivity contribution < 1.29 is 18.7 Å². The zero-order valence-corrected chi connectivity index (χ0v) is 24.1. The third-order valence-electron chi connectivity index (χ3n) is 6.39. The van der Waals surface area contributed by atoms with Crippen molar-refractivity contribution in [1.29, 1.82) is 0 Å². The molecule has 1 aliphatic rings. The van der Waals surface area contributed by atoms with Gasteiger partial charge in [0.15, 0.2) is 0 Å². The first-order valence-electron chi connectivity index (χ1n) is 11.7. The molecule has 0 atom stereocenters. The Kier molecular flexibility index (Phi) is 8.69. The maximum absolute atomic E-state index is 13.9. The molecular formula is C27H33Br2FN2O3. The number of rotatable bonds is 5. The van der Waals surface area contributed by atoms with Gasteiger partial charge in [-0.05, 0) is 87.6 Å². The van der Waals surface area contributed by atoms with Crippen molar-refractivity contribution in [3.63, 3.8) is 0 Å². The molecule has 2 amide bonds. The molecular weight excluding hydrogens is 579 g/mol. The second-order valence-corrected chi connectivity index (χ2v) is 12.2. The highest BCUT2D eigenvalue weighted by Gasteiger charge is 2.41. The quantitative estimate of drug-likeness (QED) is 0.367. The molecule has 0 saturated carbocycles. The number of amides is 2. The highest BCUT2D eigenvalue weighted by molar-refractivity contribution is 9.11. The molecule has 1 heterocycles. The Morgan fingerprint density at radius 3 is 2.23 bits per heavy atom. The molecule has 2 aromatic rings. The van der Waals surface area contributed by atoms with Crippen molar-refractivity contribution in [3.8, 4) is 0 Å². The van der Waals surface area contributed by atoms with Gasteiger partial charge in [-0.3, -0.25) is 4.79 Å². The standard InChI is InChI=1S/C27H33Br2FN2O3/c1-18-12-22(30)6-7-23(18)27(8-10-32(11-9-27)25(34)35-26(2,3)4)16-24(33)31(5)17-19-13-20(28)15-21(29)14-19/h6-7,12-15H,8-11,16-17H2,1-5H3. The minimum atomic E-state index is -0.570. The van der Waals surface area contributed by atoms with E-state index in [9.17, 15) is 14.0 Å². The number of hydrogen-bond acceptors (Lipinski definition) is 3. The van der Waals surface area contributed by atoms with Gasteiger partial charge in [0.1, 0.15) is 11.4 Å². The van der Waals surface area contributed by atoms with Crippen LogP contribution in [0.5, 0.6) is 0 Å². The van der Waals surface area contributed by atoms with Crippen molar-refractivity contribution in [3.05, 3.63) is 67.9 Å². The van der Waals surface area contributed by atoms with Crippen LogP contribution in [0.1, 0.15) is 56.7 Å². The van der Waals surface area contributed by atoms with Gasteiger partial charge in [-0.1, -0.05) is 37.9 Å². The SMILES string of the molecule is Cc1cc(F)ccc1C1(CC(=O)N(C)Cc2cc(Br)cc(Br)c2)CCN(C(=O)OC(C)(C)C)CC1. The number of carbonyl (C=O) groups is 2. The Bertz CT molecular complexity index is 1070. The lowest BCUT2D eigenvalue weighted by molar-refractivity contribution is -0.132. The molecule has 5 nitrogen and oxygen atoms in total. The van der Waals surface area contributed by atoms with Crippen molar-refractivity contribution >= 4 is 43.9 Å². The average molecular weight is 612 g/mol. The number of halogens is 3. The lowest BCUT2D eigenvalue weighted by Crippen LogP contribution is -2.48. The van der Waals surface area contributed by atoms with Crippen LogP contribution < -0.4 is 0 Å². The first-order valence-corrected chi connectivity index (χ1v) is 13.3. The van der Waals surface area contributed by atoms with Gasteiger partial charge in [0.25, 0.3) is 0 Å². The third kappa shape index (κ3) is 7.29. The summed E-state index contributed by atoms with van der Waals surface area (Å²) in [6.07, 6.45) is 1.14. The van der Waals surface area contributed by atoms with Crippen LogP contribution in [0.15, 0.2) is 45.3 Å². The second-order valence-electron chi connectivity index (χ2n) is 10.4. The second kappa shape index (κ2) is 11.0. The number of aryl methyl sites for hydroxylation is 1. The fraction of sp³-hybridized carbons (Fsp3) is 0.481. The zero-order chi connectivity index (χ0) is 26.0. The summed E-state index contributed by atoms with van der Waals surface area (Å²) in [5, 5.41) is 0. The smallest absolute Gasteiger partial charge is 0.410 e. The first kappa shape index (κ1) is 27.7. The Morgan fingerprint density at radius 2 is 1.69 bits per heavy atom. The summed E-state index contributed by atoms with van der Waals surface area (Å²) in [7, 11) is 1.80. The van der Waals surface area contributed by atoms with Gasteiger partial charge in [0.2, 0.25) is 5.91 Å². The summed E-state index contributed by atoms with van der Waals surface area (Å²) in [4.78, 5) is 29.5. The van der Waals surface area contributed by atoms with Crippen molar-refractivity contribution in [1.82, 2.24) is 9.80 Å². The Hall–Kier alpha value is -1.93. The maximum atomic E-state index is 13.9. The zero-order valence-electron chi connectivity index (χ0n) is 21.0. The highest BCUT2D eigenvalue weighted by atomic mass is 79.9. The minimum Gasteiger partial charge on any atom is -0.444 e. The van der Waals surface area contributed by atoms with Gasteiger partial charge in [-0.25, -0.2) is 9.18 Å². The van der Waals surface area contributed by atoms with E-state index < -0.39 is 11.0 Å². The normalized spacial score (nSPS) is 15.6. The lowest BCUT2D eigenvalue weighted by Gasteiger charge is -2.43. The number of hydrogen-bond donors (Lipinski definition) is 0. The maximum Gasteiger partial charge on any atom is 0.410 e. The molecule has 1 fully saturated rings. The van der Waals surface area contributed by atoms with E-state index in [2.05, 4.69) is 31.9 Å². The van der Waals surface area contributed by atoms with E-state index in [4.69, 9.17) is 4.74 Å². The van der Waals surface area contributed by atoms with Crippen molar-refractivity contribution in [2.45, 2.75) is 64.5 Å². The monoisotopic (exact) mass is 610 g/mol. The molecule has 0 unspecified atom stereocenters. The van der Waals surface area contributed by atoms with Crippen LogP contribution in [-0.4, -0.2) is 47.5 Å². The molecule has 0 radical (unpaired) electrons. The lowest BCUT2D eigenvalue weighted by atomic mass is 9.69. The van der Waals surface area contributed by atoms with E-state index in [0.29, 0.717) is 32.5 Å². The Balaban J connectivity index is 1.82. The molecule has 3 rings (SSSR count). The van der Waals surface area contributed by atoms with Gasteiger partial charge in [0, 0.05) is 47.5 Å². The van der Waals surface area contributed by atoms with Gasteiger partial charge >= 0.3 is 6.09 Å². The van der Waals surface area contributed by atoms with Gasteiger partial charge in [-0.15, -0.1) is 0 Å². The molecule has 0 aromatic heterocycles. The van der Waals surface area contributed by atoms with Crippen LogP contribution >= 0.6 is 31.9 Å². The predicted octanol–water partition coefficient (Wildman–Crippen LogP) is 6.98. The number of carbonyl (C=O) groups excluding carboxylic acids is 2. The van der Waals surface area contributed by atoms with E-state index in [1.807, 2.05) is 45.9 Å². The molecule has 0 bridgehead atoms. The molecule has 35 heavy (non-hydrogen) atoms.